The smallest absolute Gasteiger partial charge is 0.102 e. The molecule has 0 saturated carbocycles. The van der Waals surface area contributed by atoms with Crippen molar-refractivity contribution in [2.75, 3.05) is 0 Å². The fourth-order valence-electron chi connectivity index (χ4n) is 0.310. The minimum atomic E-state index is -0.568. The summed E-state index contributed by atoms with van der Waals surface area (Å²) in [5.41, 5.74) is 0. The molecule has 0 saturated heterocycles. The van der Waals surface area contributed by atoms with Crippen molar-refractivity contribution in [1.29, 1.82) is 0 Å². The van der Waals surface area contributed by atoms with Crippen molar-refractivity contribution in [3.63, 3.8) is 0 Å². The second kappa shape index (κ2) is 2.78. The standard InChI is InChI=1S/C5H9Cl2/c1-3-4-5(2,6)7/h1,3-4H2,2H3. The molecule has 0 aliphatic carbocycles. The molecular weight excluding hydrogens is 131 g/mol. The van der Waals surface area contributed by atoms with E-state index in [0.717, 1.165) is 12.8 Å². The summed E-state index contributed by atoms with van der Waals surface area (Å²) in [4.78, 5) is 0. The van der Waals surface area contributed by atoms with Crippen LogP contribution in [-0.2, 0) is 0 Å². The Labute approximate surface area is 54.8 Å². The Kier molecular flexibility index (Phi) is 3.01. The number of rotatable bonds is 2. The van der Waals surface area contributed by atoms with Crippen molar-refractivity contribution in [1.82, 2.24) is 0 Å². The Bertz CT molecular complexity index is 44.5. The van der Waals surface area contributed by atoms with Crippen LogP contribution >= 0.6 is 23.2 Å². The number of alkyl halides is 2. The van der Waals surface area contributed by atoms with Crippen LogP contribution in [0.5, 0.6) is 0 Å². The second-order valence-electron chi connectivity index (χ2n) is 1.67. The second-order valence-corrected chi connectivity index (χ2v) is 3.54. The van der Waals surface area contributed by atoms with Crippen molar-refractivity contribution in [2.24, 2.45) is 0 Å². The maximum absolute atomic E-state index is 5.56. The molecule has 0 aromatic heterocycles. The van der Waals surface area contributed by atoms with Crippen LogP contribution in [0.3, 0.4) is 0 Å². The summed E-state index contributed by atoms with van der Waals surface area (Å²) in [7, 11) is 0. The van der Waals surface area contributed by atoms with E-state index in [-0.39, 0.29) is 0 Å². The molecule has 0 aliphatic rings. The van der Waals surface area contributed by atoms with E-state index in [0.29, 0.717) is 0 Å². The molecule has 7 heavy (non-hydrogen) atoms. The zero-order chi connectivity index (χ0) is 5.91. The zero-order valence-corrected chi connectivity index (χ0v) is 5.89. The summed E-state index contributed by atoms with van der Waals surface area (Å²) in [5, 5.41) is 0. The fraction of sp³-hybridized carbons (Fsp3) is 0.800. The lowest BCUT2D eigenvalue weighted by atomic mass is 10.3. The molecule has 0 heterocycles. The molecule has 0 N–H and O–H groups in total. The molecule has 0 aromatic rings. The third-order valence-electron chi connectivity index (χ3n) is 0.616. The quantitative estimate of drug-likeness (QED) is 0.517. The van der Waals surface area contributed by atoms with Crippen molar-refractivity contribution in [2.45, 2.75) is 24.1 Å². The van der Waals surface area contributed by atoms with Gasteiger partial charge in [0.25, 0.3) is 0 Å². The molecule has 0 aromatic carbocycles. The lowest BCUT2D eigenvalue weighted by Gasteiger charge is -2.08. The first-order chi connectivity index (χ1) is 3.06. The molecule has 0 spiro atoms. The summed E-state index contributed by atoms with van der Waals surface area (Å²) in [6.07, 6.45) is 1.56. The van der Waals surface area contributed by atoms with Gasteiger partial charge in [-0.3, -0.25) is 0 Å². The zero-order valence-electron chi connectivity index (χ0n) is 4.38. The van der Waals surface area contributed by atoms with E-state index in [9.17, 15) is 0 Å². The maximum atomic E-state index is 5.56. The van der Waals surface area contributed by atoms with E-state index in [4.69, 9.17) is 23.2 Å². The fourth-order valence-corrected chi connectivity index (χ4v) is 0.578. The average molecular weight is 140 g/mol. The van der Waals surface area contributed by atoms with E-state index in [1.54, 1.807) is 6.92 Å². The number of halogens is 2. The van der Waals surface area contributed by atoms with Gasteiger partial charge in [-0.15, -0.1) is 23.2 Å². The predicted molar refractivity (Wildman–Crippen MR) is 34.7 cm³/mol. The first kappa shape index (κ1) is 7.58. The Balaban J connectivity index is 3.15. The van der Waals surface area contributed by atoms with Crippen molar-refractivity contribution >= 4 is 23.2 Å². The predicted octanol–water partition coefficient (Wildman–Crippen LogP) is 2.79. The van der Waals surface area contributed by atoms with Gasteiger partial charge in [-0.2, -0.15) is 0 Å². The Morgan fingerprint density at radius 3 is 2.00 bits per heavy atom. The van der Waals surface area contributed by atoms with Gasteiger partial charge in [0.1, 0.15) is 4.33 Å². The van der Waals surface area contributed by atoms with Crippen molar-refractivity contribution in [3.05, 3.63) is 6.92 Å². The maximum Gasteiger partial charge on any atom is 0.115 e. The van der Waals surface area contributed by atoms with E-state index < -0.39 is 4.33 Å². The molecule has 0 atom stereocenters. The van der Waals surface area contributed by atoms with Gasteiger partial charge < -0.3 is 0 Å². The average Bonchev–Trinajstić information content (AvgIpc) is 1.30. The largest absolute Gasteiger partial charge is 0.115 e. The van der Waals surface area contributed by atoms with Crippen LogP contribution in [0.25, 0.3) is 0 Å². The summed E-state index contributed by atoms with van der Waals surface area (Å²) >= 11 is 11.1. The van der Waals surface area contributed by atoms with Crippen LogP contribution in [0.4, 0.5) is 0 Å². The highest BCUT2D eigenvalue weighted by atomic mass is 35.5. The lowest BCUT2D eigenvalue weighted by molar-refractivity contribution is 0.761. The van der Waals surface area contributed by atoms with E-state index in [1.165, 1.54) is 0 Å². The Morgan fingerprint density at radius 2 is 2.00 bits per heavy atom. The van der Waals surface area contributed by atoms with Crippen LogP contribution in [-0.4, -0.2) is 4.33 Å². The van der Waals surface area contributed by atoms with Crippen LogP contribution in [0.2, 0.25) is 0 Å². The van der Waals surface area contributed by atoms with Gasteiger partial charge in [0, 0.05) is 0 Å². The number of hydrogen-bond acceptors (Lipinski definition) is 0. The molecule has 0 aliphatic heterocycles. The Hall–Kier alpha value is 0.580. The first-order valence-electron chi connectivity index (χ1n) is 2.23. The first-order valence-corrected chi connectivity index (χ1v) is 2.99. The van der Waals surface area contributed by atoms with Gasteiger partial charge in [-0.25, -0.2) is 0 Å². The lowest BCUT2D eigenvalue weighted by Crippen LogP contribution is -2.03. The minimum absolute atomic E-state index is 0.568. The van der Waals surface area contributed by atoms with Gasteiger partial charge in [0.2, 0.25) is 0 Å². The normalized spacial score (nSPS) is 12.0. The molecule has 0 fully saturated rings. The van der Waals surface area contributed by atoms with E-state index >= 15 is 0 Å². The highest BCUT2D eigenvalue weighted by molar-refractivity contribution is 6.48. The highest BCUT2D eigenvalue weighted by Crippen LogP contribution is 2.24. The molecule has 0 rings (SSSR count). The van der Waals surface area contributed by atoms with Crippen LogP contribution in [0.1, 0.15) is 19.8 Å². The van der Waals surface area contributed by atoms with Crippen molar-refractivity contribution < 1.29 is 0 Å². The van der Waals surface area contributed by atoms with Gasteiger partial charge in [0.05, 0.1) is 0 Å². The van der Waals surface area contributed by atoms with Gasteiger partial charge in [0.15, 0.2) is 0 Å². The minimum Gasteiger partial charge on any atom is -0.102 e. The van der Waals surface area contributed by atoms with Crippen molar-refractivity contribution in [3.8, 4) is 0 Å². The number of hydrogen-bond donors (Lipinski definition) is 0. The third kappa shape index (κ3) is 6.58. The molecule has 0 nitrogen and oxygen atoms in total. The van der Waals surface area contributed by atoms with Gasteiger partial charge >= 0.3 is 0 Å². The summed E-state index contributed by atoms with van der Waals surface area (Å²) in [6, 6.07) is 0. The highest BCUT2D eigenvalue weighted by Gasteiger charge is 2.12. The van der Waals surface area contributed by atoms with Crippen LogP contribution in [0.15, 0.2) is 0 Å². The summed E-state index contributed by atoms with van der Waals surface area (Å²) < 4.78 is -0.568. The van der Waals surface area contributed by atoms with E-state index in [1.807, 2.05) is 0 Å². The van der Waals surface area contributed by atoms with E-state index in [2.05, 4.69) is 6.92 Å². The van der Waals surface area contributed by atoms with Crippen LogP contribution in [0, 0.1) is 6.92 Å². The molecule has 1 radical (unpaired) electrons. The monoisotopic (exact) mass is 139 g/mol. The molecule has 0 amide bonds. The summed E-state index contributed by atoms with van der Waals surface area (Å²) in [6.45, 7) is 5.37. The van der Waals surface area contributed by atoms with Gasteiger partial charge in [-0.05, 0) is 13.3 Å². The summed E-state index contributed by atoms with van der Waals surface area (Å²) in [5.74, 6) is 0. The van der Waals surface area contributed by atoms with Gasteiger partial charge in [-0.1, -0.05) is 13.3 Å². The van der Waals surface area contributed by atoms with Crippen LogP contribution < -0.4 is 0 Å². The topological polar surface area (TPSA) is 0 Å². The molecular formula is C5H9Cl2. The SMILES string of the molecule is [CH2]CCC(C)(Cl)Cl. The molecule has 0 unspecified atom stereocenters. The molecule has 43 valence electrons. The molecule has 0 bridgehead atoms. The molecule has 2 heteroatoms. The Morgan fingerprint density at radius 1 is 1.57 bits per heavy atom. The third-order valence-corrected chi connectivity index (χ3v) is 0.994.